The lowest BCUT2D eigenvalue weighted by Crippen LogP contribution is -2.21. The highest BCUT2D eigenvalue weighted by molar-refractivity contribution is 5.89. The molecular formula is C14H10N6. The zero-order chi connectivity index (χ0) is 13.4. The van der Waals surface area contributed by atoms with Crippen LogP contribution in [0.25, 0.3) is 0 Å². The number of aromatic nitrogens is 4. The molecule has 0 radical (unpaired) electrons. The fourth-order valence-corrected chi connectivity index (χ4v) is 2.20. The van der Waals surface area contributed by atoms with E-state index in [-0.39, 0.29) is 0 Å². The van der Waals surface area contributed by atoms with Crippen molar-refractivity contribution < 1.29 is 0 Å². The van der Waals surface area contributed by atoms with Crippen molar-refractivity contribution in [3.8, 4) is 0 Å². The molecule has 0 fully saturated rings. The van der Waals surface area contributed by atoms with Crippen molar-refractivity contribution in [2.75, 3.05) is 10.2 Å². The van der Waals surface area contributed by atoms with Gasteiger partial charge in [-0.3, -0.25) is 4.90 Å². The Morgan fingerprint density at radius 2 is 1.25 bits per heavy atom. The van der Waals surface area contributed by atoms with Gasteiger partial charge in [-0.25, -0.2) is 19.9 Å². The van der Waals surface area contributed by atoms with Crippen LogP contribution in [0.4, 0.5) is 29.0 Å². The Balaban J connectivity index is 1.98. The summed E-state index contributed by atoms with van der Waals surface area (Å²) in [7, 11) is 0. The molecule has 1 aromatic carbocycles. The quantitative estimate of drug-likeness (QED) is 0.569. The van der Waals surface area contributed by atoms with Crippen LogP contribution in [-0.4, -0.2) is 19.9 Å². The first kappa shape index (κ1) is 10.9. The van der Waals surface area contributed by atoms with Gasteiger partial charge in [0.05, 0.1) is 0 Å². The topological polar surface area (TPSA) is 66.8 Å². The van der Waals surface area contributed by atoms with Crippen LogP contribution >= 0.6 is 0 Å². The number of para-hydroxylation sites is 1. The Morgan fingerprint density at radius 3 is 1.85 bits per heavy atom. The second-order valence-corrected chi connectivity index (χ2v) is 4.25. The number of nitrogens with zero attached hydrogens (tertiary/aromatic N) is 5. The summed E-state index contributed by atoms with van der Waals surface area (Å²) < 4.78 is 0. The Bertz CT molecular complexity index is 713. The monoisotopic (exact) mass is 262 g/mol. The van der Waals surface area contributed by atoms with E-state index in [0.717, 1.165) is 5.69 Å². The maximum atomic E-state index is 4.41. The molecule has 1 aliphatic heterocycles. The number of hydrogen-bond acceptors (Lipinski definition) is 6. The van der Waals surface area contributed by atoms with Crippen LogP contribution in [-0.2, 0) is 0 Å². The van der Waals surface area contributed by atoms with Gasteiger partial charge in [0, 0.05) is 30.5 Å². The zero-order valence-corrected chi connectivity index (χ0v) is 10.4. The molecule has 2 aromatic heterocycles. The summed E-state index contributed by atoms with van der Waals surface area (Å²) in [5, 5.41) is 3.15. The minimum atomic E-state index is 0.671. The standard InChI is InChI=1S/C14H10N6/c1-2-4-10(5-3-1)20-13-11(15-6-8-17-13)19-12-14(20)18-9-7-16-12/h1-9H,(H,15,16,19). The van der Waals surface area contributed by atoms with E-state index in [4.69, 9.17) is 0 Å². The highest BCUT2D eigenvalue weighted by Crippen LogP contribution is 2.42. The molecule has 1 N–H and O–H groups in total. The van der Waals surface area contributed by atoms with Crippen molar-refractivity contribution in [3.05, 3.63) is 55.1 Å². The molecule has 0 spiro atoms. The van der Waals surface area contributed by atoms with Crippen molar-refractivity contribution in [2.45, 2.75) is 0 Å². The van der Waals surface area contributed by atoms with Crippen LogP contribution in [0.2, 0.25) is 0 Å². The van der Waals surface area contributed by atoms with Crippen LogP contribution in [0.3, 0.4) is 0 Å². The first-order valence-electron chi connectivity index (χ1n) is 6.18. The maximum Gasteiger partial charge on any atom is 0.182 e. The summed E-state index contributed by atoms with van der Waals surface area (Å²) in [5.41, 5.74) is 0.970. The van der Waals surface area contributed by atoms with Crippen LogP contribution in [0, 0.1) is 0 Å². The van der Waals surface area contributed by atoms with Gasteiger partial charge in [-0.2, -0.15) is 0 Å². The normalized spacial score (nSPS) is 12.3. The van der Waals surface area contributed by atoms with Gasteiger partial charge in [0.1, 0.15) is 0 Å². The van der Waals surface area contributed by atoms with E-state index in [9.17, 15) is 0 Å². The predicted molar refractivity (Wildman–Crippen MR) is 75.6 cm³/mol. The largest absolute Gasteiger partial charge is 0.319 e. The van der Waals surface area contributed by atoms with Gasteiger partial charge in [0.2, 0.25) is 0 Å². The Hall–Kier alpha value is -3.02. The molecule has 0 saturated carbocycles. The van der Waals surface area contributed by atoms with Crippen molar-refractivity contribution in [1.82, 2.24) is 19.9 Å². The lowest BCUT2D eigenvalue weighted by molar-refractivity contribution is 1.04. The smallest absolute Gasteiger partial charge is 0.182 e. The van der Waals surface area contributed by atoms with E-state index in [1.807, 2.05) is 35.2 Å². The molecule has 20 heavy (non-hydrogen) atoms. The third-order valence-electron chi connectivity index (χ3n) is 3.03. The lowest BCUT2D eigenvalue weighted by Gasteiger charge is -2.29. The summed E-state index contributed by atoms with van der Waals surface area (Å²) in [6, 6.07) is 9.93. The molecule has 0 saturated heterocycles. The molecule has 3 heterocycles. The SMILES string of the molecule is c1ccc(N2c3nccnc3Nc3nccnc32)cc1. The lowest BCUT2D eigenvalue weighted by atomic mass is 10.2. The average Bonchev–Trinajstić information content (AvgIpc) is 2.53. The van der Waals surface area contributed by atoms with Crippen molar-refractivity contribution in [3.63, 3.8) is 0 Å². The fourth-order valence-electron chi connectivity index (χ4n) is 2.20. The minimum Gasteiger partial charge on any atom is -0.319 e. The van der Waals surface area contributed by atoms with Crippen LogP contribution in [0.1, 0.15) is 0 Å². The Labute approximate surface area is 115 Å². The number of hydrogen-bond donors (Lipinski definition) is 1. The number of fused-ring (bicyclic) bond motifs is 2. The van der Waals surface area contributed by atoms with Crippen molar-refractivity contribution >= 4 is 29.0 Å². The van der Waals surface area contributed by atoms with E-state index in [1.54, 1.807) is 24.8 Å². The summed E-state index contributed by atoms with van der Waals surface area (Å²) in [6.45, 7) is 0. The molecule has 1 aliphatic rings. The molecule has 96 valence electrons. The molecule has 4 rings (SSSR count). The van der Waals surface area contributed by atoms with E-state index in [0.29, 0.717) is 23.3 Å². The molecule has 6 nitrogen and oxygen atoms in total. The molecule has 0 bridgehead atoms. The second-order valence-electron chi connectivity index (χ2n) is 4.25. The van der Waals surface area contributed by atoms with Gasteiger partial charge < -0.3 is 5.32 Å². The Kier molecular flexibility index (Phi) is 2.32. The third kappa shape index (κ3) is 1.58. The summed E-state index contributed by atoms with van der Waals surface area (Å²) in [5.74, 6) is 2.77. The van der Waals surface area contributed by atoms with Crippen LogP contribution in [0.15, 0.2) is 55.1 Å². The maximum absolute atomic E-state index is 4.41. The van der Waals surface area contributed by atoms with Gasteiger partial charge in [0.25, 0.3) is 0 Å². The van der Waals surface area contributed by atoms with E-state index in [1.165, 1.54) is 0 Å². The highest BCUT2D eigenvalue weighted by atomic mass is 15.3. The third-order valence-corrected chi connectivity index (χ3v) is 3.03. The van der Waals surface area contributed by atoms with E-state index >= 15 is 0 Å². The average molecular weight is 262 g/mol. The second kappa shape index (κ2) is 4.27. The molecule has 0 aliphatic carbocycles. The number of anilines is 5. The van der Waals surface area contributed by atoms with E-state index in [2.05, 4.69) is 25.3 Å². The van der Waals surface area contributed by atoms with Gasteiger partial charge in [-0.15, -0.1) is 0 Å². The molecule has 0 amide bonds. The first-order valence-corrected chi connectivity index (χ1v) is 6.18. The minimum absolute atomic E-state index is 0.671. The number of nitrogens with one attached hydrogen (secondary N) is 1. The zero-order valence-electron chi connectivity index (χ0n) is 10.4. The molecule has 6 heteroatoms. The molecule has 3 aromatic rings. The van der Waals surface area contributed by atoms with E-state index < -0.39 is 0 Å². The summed E-state index contributed by atoms with van der Waals surface area (Å²) in [6.07, 6.45) is 6.63. The number of rotatable bonds is 1. The van der Waals surface area contributed by atoms with Crippen LogP contribution in [0.5, 0.6) is 0 Å². The fraction of sp³-hybridized carbons (Fsp3) is 0. The van der Waals surface area contributed by atoms with Gasteiger partial charge in [-0.1, -0.05) is 18.2 Å². The van der Waals surface area contributed by atoms with Crippen LogP contribution < -0.4 is 10.2 Å². The number of benzene rings is 1. The molecular weight excluding hydrogens is 252 g/mol. The Morgan fingerprint density at radius 1 is 0.700 bits per heavy atom. The van der Waals surface area contributed by atoms with Crippen molar-refractivity contribution in [1.29, 1.82) is 0 Å². The van der Waals surface area contributed by atoms with Crippen molar-refractivity contribution in [2.24, 2.45) is 0 Å². The molecule has 0 atom stereocenters. The predicted octanol–water partition coefficient (Wildman–Crippen LogP) is 2.79. The molecule has 0 unspecified atom stereocenters. The first-order chi connectivity index (χ1) is 9.93. The summed E-state index contributed by atoms with van der Waals surface area (Å²) in [4.78, 5) is 19.4. The highest BCUT2D eigenvalue weighted by Gasteiger charge is 2.27. The summed E-state index contributed by atoms with van der Waals surface area (Å²) >= 11 is 0. The van der Waals surface area contributed by atoms with Gasteiger partial charge in [-0.05, 0) is 12.1 Å². The van der Waals surface area contributed by atoms with Gasteiger partial charge >= 0.3 is 0 Å². The van der Waals surface area contributed by atoms with Gasteiger partial charge in [0.15, 0.2) is 23.3 Å².